The van der Waals surface area contributed by atoms with Crippen LogP contribution in [0.4, 0.5) is 0 Å². The number of aliphatic hydroxyl groups is 1. The van der Waals surface area contributed by atoms with E-state index < -0.39 is 0 Å². The van der Waals surface area contributed by atoms with E-state index in [0.29, 0.717) is 5.92 Å². The fraction of sp³-hybridized carbons (Fsp3) is 1.00. The van der Waals surface area contributed by atoms with Crippen LogP contribution in [-0.4, -0.2) is 22.7 Å². The second-order valence-electron chi connectivity index (χ2n) is 2.98. The lowest BCUT2D eigenvalue weighted by Crippen LogP contribution is -2.27. The molecule has 2 atom stereocenters. The second-order valence-corrected chi connectivity index (χ2v) is 4.13. The first kappa shape index (κ1) is 8.41. The molecule has 0 aromatic carbocycles. The van der Waals surface area contributed by atoms with Crippen LogP contribution in [0.25, 0.3) is 0 Å². The van der Waals surface area contributed by atoms with Crippen molar-refractivity contribution in [1.29, 1.82) is 0 Å². The second kappa shape index (κ2) is 4.24. The molecule has 0 radical (unpaired) electrons. The minimum Gasteiger partial charge on any atom is -0.393 e. The van der Waals surface area contributed by atoms with E-state index in [1.54, 1.807) is 0 Å². The molecule has 0 aromatic heterocycles. The van der Waals surface area contributed by atoms with E-state index in [9.17, 15) is 5.11 Å². The molecule has 1 nitrogen and oxygen atoms in total. The van der Waals surface area contributed by atoms with Gasteiger partial charge in [-0.1, -0.05) is 13.3 Å². The number of thioether (sulfide) groups is 1. The van der Waals surface area contributed by atoms with Gasteiger partial charge in [-0.05, 0) is 30.3 Å². The van der Waals surface area contributed by atoms with Gasteiger partial charge in [0, 0.05) is 0 Å². The van der Waals surface area contributed by atoms with Crippen molar-refractivity contribution >= 4 is 11.8 Å². The third-order valence-corrected chi connectivity index (χ3v) is 3.28. The van der Waals surface area contributed by atoms with Gasteiger partial charge in [0.2, 0.25) is 0 Å². The summed E-state index contributed by atoms with van der Waals surface area (Å²) in [7, 11) is 0. The van der Waals surface area contributed by atoms with Crippen molar-refractivity contribution in [2.75, 3.05) is 11.5 Å². The highest BCUT2D eigenvalue weighted by Crippen LogP contribution is 2.26. The van der Waals surface area contributed by atoms with Gasteiger partial charge in [-0.3, -0.25) is 0 Å². The van der Waals surface area contributed by atoms with Crippen molar-refractivity contribution in [2.45, 2.75) is 32.3 Å². The Labute approximate surface area is 67.2 Å². The average molecular weight is 160 g/mol. The third-order valence-electron chi connectivity index (χ3n) is 2.09. The van der Waals surface area contributed by atoms with Crippen molar-refractivity contribution in [3.8, 4) is 0 Å². The predicted octanol–water partition coefficient (Wildman–Crippen LogP) is 1.90. The summed E-state index contributed by atoms with van der Waals surface area (Å²) < 4.78 is 0. The Hall–Kier alpha value is 0.310. The Morgan fingerprint density at radius 2 is 2.40 bits per heavy atom. The predicted molar refractivity (Wildman–Crippen MR) is 46.3 cm³/mol. The first-order valence-electron chi connectivity index (χ1n) is 4.10. The first-order chi connectivity index (χ1) is 4.84. The molecule has 0 bridgehead atoms. The highest BCUT2D eigenvalue weighted by Gasteiger charge is 2.21. The normalized spacial score (nSPS) is 34.2. The van der Waals surface area contributed by atoms with Gasteiger partial charge in [-0.15, -0.1) is 0 Å². The van der Waals surface area contributed by atoms with E-state index in [1.807, 2.05) is 11.8 Å². The Balaban J connectivity index is 2.25. The lowest BCUT2D eigenvalue weighted by molar-refractivity contribution is 0.107. The molecule has 1 N–H and O–H groups in total. The van der Waals surface area contributed by atoms with E-state index in [-0.39, 0.29) is 6.10 Å². The highest BCUT2D eigenvalue weighted by atomic mass is 32.2. The fourth-order valence-corrected chi connectivity index (χ4v) is 2.70. The Morgan fingerprint density at radius 3 is 3.00 bits per heavy atom. The number of hydrogen-bond acceptors (Lipinski definition) is 2. The highest BCUT2D eigenvalue weighted by molar-refractivity contribution is 7.99. The molecule has 1 saturated heterocycles. The molecule has 60 valence electrons. The van der Waals surface area contributed by atoms with Crippen LogP contribution < -0.4 is 0 Å². The molecule has 2 heteroatoms. The molecular formula is C8H16OS. The number of rotatable bonds is 2. The largest absolute Gasteiger partial charge is 0.393 e. The summed E-state index contributed by atoms with van der Waals surface area (Å²) in [6, 6.07) is 0. The summed E-state index contributed by atoms with van der Waals surface area (Å²) in [5.41, 5.74) is 0. The minimum atomic E-state index is 0.00111. The molecule has 1 aliphatic heterocycles. The monoisotopic (exact) mass is 160 g/mol. The van der Waals surface area contributed by atoms with Crippen LogP contribution in [0.15, 0.2) is 0 Å². The van der Waals surface area contributed by atoms with Crippen molar-refractivity contribution < 1.29 is 5.11 Å². The van der Waals surface area contributed by atoms with E-state index >= 15 is 0 Å². The van der Waals surface area contributed by atoms with Crippen LogP contribution in [0.3, 0.4) is 0 Å². The molecule has 0 aliphatic carbocycles. The fourth-order valence-electron chi connectivity index (χ4n) is 1.43. The molecule has 1 aliphatic rings. The van der Waals surface area contributed by atoms with Gasteiger partial charge >= 0.3 is 0 Å². The molecule has 0 saturated carbocycles. The first-order valence-corrected chi connectivity index (χ1v) is 5.26. The molecule has 0 unspecified atom stereocenters. The molecule has 1 fully saturated rings. The Kier molecular flexibility index (Phi) is 3.57. The summed E-state index contributed by atoms with van der Waals surface area (Å²) >= 11 is 1.99. The molecule has 0 aromatic rings. The number of hydrogen-bond donors (Lipinski definition) is 1. The molecule has 1 rings (SSSR count). The standard InChI is InChI=1S/C8H16OS/c1-2-3-7-6-10-5-4-8(7)9/h7-9H,2-6H2,1H3/t7-,8+/m1/s1. The van der Waals surface area contributed by atoms with Crippen molar-refractivity contribution in [1.82, 2.24) is 0 Å². The molecule has 0 spiro atoms. The van der Waals surface area contributed by atoms with Gasteiger partial charge in [0.15, 0.2) is 0 Å². The quantitative estimate of drug-likeness (QED) is 0.666. The van der Waals surface area contributed by atoms with Crippen LogP contribution in [0.1, 0.15) is 26.2 Å². The minimum absolute atomic E-state index is 0.00111. The molecule has 0 amide bonds. The lowest BCUT2D eigenvalue weighted by Gasteiger charge is -2.26. The van der Waals surface area contributed by atoms with Crippen LogP contribution in [0, 0.1) is 5.92 Å². The Bertz CT molecular complexity index is 93.3. The summed E-state index contributed by atoms with van der Waals surface area (Å²) in [6.45, 7) is 2.19. The van der Waals surface area contributed by atoms with Crippen LogP contribution in [0.2, 0.25) is 0 Å². The summed E-state index contributed by atoms with van der Waals surface area (Å²) in [6.07, 6.45) is 3.42. The van der Waals surface area contributed by atoms with Gasteiger partial charge in [0.05, 0.1) is 6.10 Å². The van der Waals surface area contributed by atoms with Crippen molar-refractivity contribution in [3.63, 3.8) is 0 Å². The summed E-state index contributed by atoms with van der Waals surface area (Å²) in [5.74, 6) is 2.92. The van der Waals surface area contributed by atoms with E-state index in [4.69, 9.17) is 0 Å². The molecule has 10 heavy (non-hydrogen) atoms. The van der Waals surface area contributed by atoms with Gasteiger partial charge < -0.3 is 5.11 Å². The van der Waals surface area contributed by atoms with Crippen molar-refractivity contribution in [2.24, 2.45) is 5.92 Å². The maximum Gasteiger partial charge on any atom is 0.0584 e. The third kappa shape index (κ3) is 2.17. The zero-order valence-electron chi connectivity index (χ0n) is 6.55. The summed E-state index contributed by atoms with van der Waals surface area (Å²) in [4.78, 5) is 0. The van der Waals surface area contributed by atoms with Crippen LogP contribution >= 0.6 is 11.8 Å². The van der Waals surface area contributed by atoms with Crippen LogP contribution in [-0.2, 0) is 0 Å². The maximum atomic E-state index is 9.49. The molecule has 1 heterocycles. The zero-order chi connectivity index (χ0) is 7.40. The SMILES string of the molecule is CCC[C@@H]1CSCC[C@@H]1O. The van der Waals surface area contributed by atoms with E-state index in [0.717, 1.165) is 12.2 Å². The van der Waals surface area contributed by atoms with Crippen LogP contribution in [0.5, 0.6) is 0 Å². The lowest BCUT2D eigenvalue weighted by atomic mass is 9.97. The van der Waals surface area contributed by atoms with Gasteiger partial charge in [-0.25, -0.2) is 0 Å². The van der Waals surface area contributed by atoms with Gasteiger partial charge in [0.25, 0.3) is 0 Å². The number of aliphatic hydroxyl groups excluding tert-OH is 1. The maximum absolute atomic E-state index is 9.49. The van der Waals surface area contributed by atoms with E-state index in [2.05, 4.69) is 6.92 Å². The topological polar surface area (TPSA) is 20.2 Å². The summed E-state index contributed by atoms with van der Waals surface area (Å²) in [5, 5.41) is 9.49. The van der Waals surface area contributed by atoms with Gasteiger partial charge in [0.1, 0.15) is 0 Å². The zero-order valence-corrected chi connectivity index (χ0v) is 7.36. The van der Waals surface area contributed by atoms with Gasteiger partial charge in [-0.2, -0.15) is 11.8 Å². The van der Waals surface area contributed by atoms with E-state index in [1.165, 1.54) is 18.6 Å². The van der Waals surface area contributed by atoms with Crippen molar-refractivity contribution in [3.05, 3.63) is 0 Å². The smallest absolute Gasteiger partial charge is 0.0584 e. The average Bonchev–Trinajstić information content (AvgIpc) is 1.94. The molecular weight excluding hydrogens is 144 g/mol. The Morgan fingerprint density at radius 1 is 1.60 bits per heavy atom.